The van der Waals surface area contributed by atoms with Crippen molar-refractivity contribution in [3.63, 3.8) is 0 Å². The lowest BCUT2D eigenvalue weighted by molar-refractivity contribution is -0.132. The first kappa shape index (κ1) is 19.8. The fourth-order valence-electron chi connectivity index (χ4n) is 4.12. The molecular weight excluding hydrogens is 408 g/mol. The van der Waals surface area contributed by atoms with Crippen molar-refractivity contribution in [2.24, 2.45) is 0 Å². The van der Waals surface area contributed by atoms with E-state index in [1.165, 1.54) is 4.90 Å². The lowest BCUT2D eigenvalue weighted by Crippen LogP contribution is -2.30. The van der Waals surface area contributed by atoms with Crippen molar-refractivity contribution < 1.29 is 24.2 Å². The van der Waals surface area contributed by atoms with Crippen LogP contribution >= 0.6 is 0 Å². The summed E-state index contributed by atoms with van der Waals surface area (Å²) in [7, 11) is 0. The van der Waals surface area contributed by atoms with Crippen molar-refractivity contribution in [3.05, 3.63) is 88.8 Å². The first-order chi connectivity index (χ1) is 15.5. The smallest absolute Gasteiger partial charge is 0.300 e. The number of carbonyl (C=O) groups is 2. The Morgan fingerprint density at radius 1 is 1.00 bits per heavy atom. The maximum absolute atomic E-state index is 13.3. The molecule has 0 spiro atoms. The van der Waals surface area contributed by atoms with Gasteiger partial charge in [0.2, 0.25) is 6.79 Å². The van der Waals surface area contributed by atoms with E-state index in [2.05, 4.69) is 4.98 Å². The molecule has 1 N–H and O–H groups in total. The molecule has 3 heterocycles. The van der Waals surface area contributed by atoms with Crippen LogP contribution in [0.2, 0.25) is 0 Å². The molecule has 2 aromatic carbocycles. The number of amides is 1. The van der Waals surface area contributed by atoms with E-state index >= 15 is 0 Å². The Morgan fingerprint density at radius 2 is 1.75 bits per heavy atom. The van der Waals surface area contributed by atoms with E-state index in [-0.39, 0.29) is 18.1 Å². The van der Waals surface area contributed by atoms with Crippen LogP contribution in [0, 0.1) is 13.8 Å². The van der Waals surface area contributed by atoms with Crippen molar-refractivity contribution in [2.75, 3.05) is 11.7 Å². The number of hydrogen-bond donors (Lipinski definition) is 1. The normalized spacial score (nSPS) is 18.9. The van der Waals surface area contributed by atoms with Gasteiger partial charge < -0.3 is 14.6 Å². The van der Waals surface area contributed by atoms with E-state index < -0.39 is 17.7 Å². The number of aromatic nitrogens is 1. The fourth-order valence-corrected chi connectivity index (χ4v) is 4.12. The zero-order chi connectivity index (χ0) is 22.4. The molecule has 0 aliphatic carbocycles. The van der Waals surface area contributed by atoms with Gasteiger partial charge in [-0.25, -0.2) is 0 Å². The molecule has 1 unspecified atom stereocenters. The van der Waals surface area contributed by atoms with E-state index in [9.17, 15) is 14.7 Å². The van der Waals surface area contributed by atoms with Gasteiger partial charge in [0.15, 0.2) is 11.5 Å². The molecule has 7 nitrogen and oxygen atoms in total. The Bertz CT molecular complexity index is 1280. The number of Topliss-reactive ketones (excluding diaryl/α,β-unsaturated/α-hetero) is 1. The van der Waals surface area contributed by atoms with E-state index in [1.807, 2.05) is 32.0 Å². The van der Waals surface area contributed by atoms with E-state index in [0.717, 1.165) is 11.1 Å². The molecule has 2 aliphatic rings. The monoisotopic (exact) mass is 428 g/mol. The van der Waals surface area contributed by atoms with Gasteiger partial charge in [-0.3, -0.25) is 19.5 Å². The number of benzene rings is 2. The first-order valence-corrected chi connectivity index (χ1v) is 10.1. The summed E-state index contributed by atoms with van der Waals surface area (Å²) in [6.07, 6.45) is 3.19. The highest BCUT2D eigenvalue weighted by atomic mass is 16.7. The van der Waals surface area contributed by atoms with Crippen LogP contribution in [-0.4, -0.2) is 28.6 Å². The van der Waals surface area contributed by atoms with Crippen LogP contribution in [0.5, 0.6) is 11.5 Å². The first-order valence-electron chi connectivity index (χ1n) is 10.1. The number of ether oxygens (including phenoxy) is 2. The lowest BCUT2D eigenvalue weighted by atomic mass is 9.95. The van der Waals surface area contributed by atoms with Gasteiger partial charge in [-0.15, -0.1) is 0 Å². The summed E-state index contributed by atoms with van der Waals surface area (Å²) >= 11 is 0. The molecule has 0 saturated carbocycles. The predicted octanol–water partition coefficient (Wildman–Crippen LogP) is 4.05. The number of aryl methyl sites for hydroxylation is 2. The second kappa shape index (κ2) is 7.53. The topological polar surface area (TPSA) is 89.0 Å². The number of hydrogen-bond acceptors (Lipinski definition) is 6. The second-order valence-corrected chi connectivity index (χ2v) is 7.81. The molecule has 1 fully saturated rings. The molecule has 2 aliphatic heterocycles. The highest BCUT2D eigenvalue weighted by Crippen LogP contribution is 2.44. The molecule has 7 heteroatoms. The summed E-state index contributed by atoms with van der Waals surface area (Å²) in [6, 6.07) is 13.3. The number of anilines is 1. The Hall–Kier alpha value is -4.13. The number of nitrogens with zero attached hydrogens (tertiary/aromatic N) is 2. The second-order valence-electron chi connectivity index (χ2n) is 7.81. The van der Waals surface area contributed by atoms with Gasteiger partial charge in [0.1, 0.15) is 5.76 Å². The molecule has 1 saturated heterocycles. The van der Waals surface area contributed by atoms with Crippen molar-refractivity contribution in [3.8, 4) is 11.5 Å². The van der Waals surface area contributed by atoms with Gasteiger partial charge >= 0.3 is 0 Å². The Labute approximate surface area is 184 Å². The maximum Gasteiger partial charge on any atom is 0.300 e. The Morgan fingerprint density at radius 3 is 2.53 bits per heavy atom. The third kappa shape index (κ3) is 3.10. The van der Waals surface area contributed by atoms with Crippen LogP contribution < -0.4 is 14.4 Å². The molecule has 160 valence electrons. The zero-order valence-electron chi connectivity index (χ0n) is 17.5. The summed E-state index contributed by atoms with van der Waals surface area (Å²) < 4.78 is 10.7. The minimum atomic E-state index is -0.802. The van der Waals surface area contributed by atoms with Crippen LogP contribution in [0.25, 0.3) is 5.76 Å². The summed E-state index contributed by atoms with van der Waals surface area (Å²) in [5.41, 5.74) is 3.48. The summed E-state index contributed by atoms with van der Waals surface area (Å²) in [4.78, 5) is 32.0. The molecule has 0 radical (unpaired) electrons. The lowest BCUT2D eigenvalue weighted by Gasteiger charge is -2.27. The predicted molar refractivity (Wildman–Crippen MR) is 118 cm³/mol. The van der Waals surface area contributed by atoms with Crippen LogP contribution in [0.3, 0.4) is 0 Å². The molecule has 1 amide bonds. The Kier molecular flexibility index (Phi) is 4.66. The molecule has 1 atom stereocenters. The minimum Gasteiger partial charge on any atom is -0.507 e. The summed E-state index contributed by atoms with van der Waals surface area (Å²) in [5.74, 6) is -0.678. The number of carbonyl (C=O) groups excluding carboxylic acids is 2. The van der Waals surface area contributed by atoms with Gasteiger partial charge in [-0.2, -0.15) is 0 Å². The highest BCUT2D eigenvalue weighted by Gasteiger charge is 2.47. The molecule has 3 aromatic rings. The fraction of sp³-hybridized carbons (Fsp3) is 0.160. The Balaban J connectivity index is 1.73. The number of pyridine rings is 1. The van der Waals surface area contributed by atoms with Crippen molar-refractivity contribution in [1.29, 1.82) is 0 Å². The number of rotatable bonds is 3. The number of aliphatic hydroxyl groups is 1. The summed E-state index contributed by atoms with van der Waals surface area (Å²) in [5, 5.41) is 11.2. The third-order valence-electron chi connectivity index (χ3n) is 5.74. The standard InChI is InChI=1S/C25H20N2O5/c1-14-3-4-15(2)18(11-14)27-22(16-7-9-26-10-8-16)21(24(29)25(27)30)23(28)17-5-6-19-20(12-17)32-13-31-19/h3-12,22,28H,13H2,1-2H3/b23-21-. The van der Waals surface area contributed by atoms with E-state index in [0.29, 0.717) is 28.3 Å². The van der Waals surface area contributed by atoms with E-state index in [4.69, 9.17) is 9.47 Å². The SMILES string of the molecule is Cc1ccc(C)c(N2C(=O)C(=O)/C(=C(\O)c3ccc4c(c3)OCO4)C2c2ccncc2)c1. The highest BCUT2D eigenvalue weighted by molar-refractivity contribution is 6.51. The van der Waals surface area contributed by atoms with Gasteiger partial charge in [-0.05, 0) is 66.9 Å². The van der Waals surface area contributed by atoms with Crippen LogP contribution in [0.4, 0.5) is 5.69 Å². The van der Waals surface area contributed by atoms with Crippen molar-refractivity contribution >= 4 is 23.1 Å². The molecule has 5 rings (SSSR count). The summed E-state index contributed by atoms with van der Waals surface area (Å²) in [6.45, 7) is 3.90. The maximum atomic E-state index is 13.3. The molecular formula is C25H20N2O5. The van der Waals surface area contributed by atoms with Crippen LogP contribution in [0.1, 0.15) is 28.3 Å². The average molecular weight is 428 g/mol. The molecule has 1 aromatic heterocycles. The van der Waals surface area contributed by atoms with Crippen LogP contribution in [-0.2, 0) is 9.59 Å². The van der Waals surface area contributed by atoms with Crippen molar-refractivity contribution in [2.45, 2.75) is 19.9 Å². The van der Waals surface area contributed by atoms with Gasteiger partial charge in [-0.1, -0.05) is 12.1 Å². The molecule has 0 bridgehead atoms. The third-order valence-corrected chi connectivity index (χ3v) is 5.74. The van der Waals surface area contributed by atoms with Gasteiger partial charge in [0.05, 0.1) is 11.6 Å². The molecule has 32 heavy (non-hydrogen) atoms. The largest absolute Gasteiger partial charge is 0.507 e. The number of ketones is 1. The quantitative estimate of drug-likeness (QED) is 0.385. The number of aliphatic hydroxyl groups excluding tert-OH is 1. The minimum absolute atomic E-state index is 0.0148. The van der Waals surface area contributed by atoms with E-state index in [1.54, 1.807) is 42.7 Å². The average Bonchev–Trinajstić information content (AvgIpc) is 3.38. The zero-order valence-corrected chi connectivity index (χ0v) is 17.5. The van der Waals surface area contributed by atoms with Gasteiger partial charge in [0, 0.05) is 23.6 Å². The van der Waals surface area contributed by atoms with Crippen molar-refractivity contribution in [1.82, 2.24) is 4.98 Å². The number of fused-ring (bicyclic) bond motifs is 1. The van der Waals surface area contributed by atoms with Gasteiger partial charge in [0.25, 0.3) is 11.7 Å². The van der Waals surface area contributed by atoms with Crippen LogP contribution in [0.15, 0.2) is 66.5 Å².